The third-order valence-electron chi connectivity index (χ3n) is 3.94. The molecule has 0 fully saturated rings. The minimum absolute atomic E-state index is 0.112. The van der Waals surface area contributed by atoms with Crippen molar-refractivity contribution in [2.24, 2.45) is 0 Å². The molecule has 0 unspecified atom stereocenters. The zero-order chi connectivity index (χ0) is 16.6. The summed E-state index contributed by atoms with van der Waals surface area (Å²) < 4.78 is 6.55. The number of hydrogen-bond acceptors (Lipinski definition) is 3. The number of methoxy groups -OCH3 is 1. The second-order valence-electron chi connectivity index (χ2n) is 5.54. The van der Waals surface area contributed by atoms with Gasteiger partial charge in [0, 0.05) is 11.8 Å². The van der Waals surface area contributed by atoms with Crippen molar-refractivity contribution in [2.45, 2.75) is 13.8 Å². The van der Waals surface area contributed by atoms with Gasteiger partial charge in [-0.25, -0.2) is 4.79 Å². The van der Waals surface area contributed by atoms with Crippen LogP contribution in [0.4, 0.5) is 0 Å². The van der Waals surface area contributed by atoms with Crippen molar-refractivity contribution < 1.29 is 14.3 Å². The summed E-state index contributed by atoms with van der Waals surface area (Å²) in [5, 5.41) is 0. The van der Waals surface area contributed by atoms with Crippen molar-refractivity contribution in [1.29, 1.82) is 0 Å². The first-order chi connectivity index (χ1) is 11.0. The minimum atomic E-state index is -0.451. The van der Waals surface area contributed by atoms with Crippen LogP contribution in [0.5, 0.6) is 0 Å². The molecule has 0 radical (unpaired) electrons. The first-order valence-electron chi connectivity index (χ1n) is 7.33. The first kappa shape index (κ1) is 15.0. The molecule has 23 heavy (non-hydrogen) atoms. The lowest BCUT2D eigenvalue weighted by Gasteiger charge is -2.06. The van der Waals surface area contributed by atoms with E-state index in [1.54, 1.807) is 22.7 Å². The van der Waals surface area contributed by atoms with Crippen molar-refractivity contribution in [3.8, 4) is 0 Å². The highest BCUT2D eigenvalue weighted by molar-refractivity contribution is 6.12. The SMILES string of the molecule is COC(=O)c1cc(C(=O)c2ccc(C)cc2C)n2ccccc12. The Balaban J connectivity index is 2.20. The van der Waals surface area contributed by atoms with E-state index in [4.69, 9.17) is 4.74 Å². The Morgan fingerprint density at radius 1 is 1.00 bits per heavy atom. The Morgan fingerprint density at radius 2 is 1.78 bits per heavy atom. The van der Waals surface area contributed by atoms with Crippen LogP contribution in [0.15, 0.2) is 48.7 Å². The van der Waals surface area contributed by atoms with E-state index in [1.807, 2.05) is 44.2 Å². The van der Waals surface area contributed by atoms with E-state index >= 15 is 0 Å². The fraction of sp³-hybridized carbons (Fsp3) is 0.158. The molecule has 0 aliphatic rings. The van der Waals surface area contributed by atoms with Crippen LogP contribution in [-0.4, -0.2) is 23.3 Å². The number of rotatable bonds is 3. The van der Waals surface area contributed by atoms with Gasteiger partial charge in [-0.15, -0.1) is 0 Å². The number of aromatic nitrogens is 1. The van der Waals surface area contributed by atoms with Crippen LogP contribution >= 0.6 is 0 Å². The molecule has 1 aromatic carbocycles. The number of nitrogens with zero attached hydrogens (tertiary/aromatic N) is 1. The van der Waals surface area contributed by atoms with Crippen LogP contribution in [0, 0.1) is 13.8 Å². The molecule has 0 aliphatic carbocycles. The zero-order valence-electron chi connectivity index (χ0n) is 13.3. The number of fused-ring (bicyclic) bond motifs is 1. The van der Waals surface area contributed by atoms with Gasteiger partial charge in [0.2, 0.25) is 5.78 Å². The third-order valence-corrected chi connectivity index (χ3v) is 3.94. The molecule has 0 amide bonds. The highest BCUT2D eigenvalue weighted by Gasteiger charge is 2.21. The van der Waals surface area contributed by atoms with E-state index in [0.717, 1.165) is 11.1 Å². The van der Waals surface area contributed by atoms with Gasteiger partial charge in [0.25, 0.3) is 0 Å². The van der Waals surface area contributed by atoms with E-state index in [-0.39, 0.29) is 5.78 Å². The van der Waals surface area contributed by atoms with Gasteiger partial charge in [-0.2, -0.15) is 0 Å². The van der Waals surface area contributed by atoms with Crippen molar-refractivity contribution >= 4 is 17.3 Å². The molecule has 4 heteroatoms. The van der Waals surface area contributed by atoms with Crippen LogP contribution < -0.4 is 0 Å². The summed E-state index contributed by atoms with van der Waals surface area (Å²) in [7, 11) is 1.33. The molecule has 3 rings (SSSR count). The average molecular weight is 307 g/mol. The van der Waals surface area contributed by atoms with Crippen molar-refractivity contribution in [1.82, 2.24) is 4.40 Å². The quantitative estimate of drug-likeness (QED) is 0.549. The van der Waals surface area contributed by atoms with Gasteiger partial charge < -0.3 is 9.14 Å². The fourth-order valence-corrected chi connectivity index (χ4v) is 2.81. The average Bonchev–Trinajstić information content (AvgIpc) is 2.93. The Morgan fingerprint density at radius 3 is 2.48 bits per heavy atom. The molecular formula is C19H17NO3. The number of benzene rings is 1. The molecule has 0 bridgehead atoms. The molecule has 0 atom stereocenters. The molecule has 0 N–H and O–H groups in total. The molecule has 0 spiro atoms. The lowest BCUT2D eigenvalue weighted by molar-refractivity contribution is 0.0603. The first-order valence-corrected chi connectivity index (χ1v) is 7.33. The van der Waals surface area contributed by atoms with Gasteiger partial charge in [0.15, 0.2) is 0 Å². The summed E-state index contributed by atoms with van der Waals surface area (Å²) in [6.45, 7) is 3.90. The second kappa shape index (κ2) is 5.72. The normalized spacial score (nSPS) is 10.7. The van der Waals surface area contributed by atoms with E-state index in [2.05, 4.69) is 0 Å². The number of ketones is 1. The molecule has 2 heterocycles. The van der Waals surface area contributed by atoms with Gasteiger partial charge in [-0.1, -0.05) is 29.8 Å². The summed E-state index contributed by atoms with van der Waals surface area (Å²) in [4.78, 5) is 24.9. The summed E-state index contributed by atoms with van der Waals surface area (Å²) in [5.74, 6) is -0.563. The standard InChI is InChI=1S/C19H17NO3/c1-12-7-8-14(13(2)10-12)18(21)17-11-15(19(22)23-3)16-6-4-5-9-20(16)17/h4-11H,1-3H3. The summed E-state index contributed by atoms with van der Waals surface area (Å²) >= 11 is 0. The second-order valence-corrected chi connectivity index (χ2v) is 5.54. The predicted molar refractivity (Wildman–Crippen MR) is 88.1 cm³/mol. The highest BCUT2D eigenvalue weighted by atomic mass is 16.5. The molecule has 0 aliphatic heterocycles. The maximum atomic E-state index is 12.9. The van der Waals surface area contributed by atoms with Crippen LogP contribution in [0.1, 0.15) is 37.5 Å². The number of esters is 1. The van der Waals surface area contributed by atoms with Crippen LogP contribution in [-0.2, 0) is 4.74 Å². The summed E-state index contributed by atoms with van der Waals surface area (Å²) in [5.41, 5.74) is 4.16. The van der Waals surface area contributed by atoms with Crippen molar-refractivity contribution in [3.05, 3.63) is 76.6 Å². The Bertz CT molecular complexity index is 922. The number of carbonyl (C=O) groups excluding carboxylic acids is 2. The smallest absolute Gasteiger partial charge is 0.340 e. The van der Waals surface area contributed by atoms with E-state index < -0.39 is 5.97 Å². The Labute approximate surface area is 134 Å². The molecule has 116 valence electrons. The summed E-state index contributed by atoms with van der Waals surface area (Å²) in [6.07, 6.45) is 1.78. The van der Waals surface area contributed by atoms with Gasteiger partial charge in [0.05, 0.1) is 23.9 Å². The monoisotopic (exact) mass is 307 g/mol. The Kier molecular flexibility index (Phi) is 3.74. The van der Waals surface area contributed by atoms with Crippen LogP contribution in [0.3, 0.4) is 0 Å². The highest BCUT2D eigenvalue weighted by Crippen LogP contribution is 2.22. The number of aryl methyl sites for hydroxylation is 2. The fourth-order valence-electron chi connectivity index (χ4n) is 2.81. The zero-order valence-corrected chi connectivity index (χ0v) is 13.3. The maximum absolute atomic E-state index is 12.9. The number of pyridine rings is 1. The van der Waals surface area contributed by atoms with Gasteiger partial charge in [-0.3, -0.25) is 4.79 Å². The Hall–Kier alpha value is -2.88. The maximum Gasteiger partial charge on any atom is 0.340 e. The largest absolute Gasteiger partial charge is 0.465 e. The van der Waals surface area contributed by atoms with Crippen molar-refractivity contribution in [2.75, 3.05) is 7.11 Å². The molecule has 3 aromatic rings. The molecule has 2 aromatic heterocycles. The number of carbonyl (C=O) groups is 2. The number of hydrogen-bond donors (Lipinski definition) is 0. The summed E-state index contributed by atoms with van der Waals surface area (Å²) in [6, 6.07) is 12.8. The lowest BCUT2D eigenvalue weighted by atomic mass is 10.0. The van der Waals surface area contributed by atoms with Crippen molar-refractivity contribution in [3.63, 3.8) is 0 Å². The lowest BCUT2D eigenvalue weighted by Crippen LogP contribution is -2.07. The topological polar surface area (TPSA) is 47.8 Å². The number of ether oxygens (including phenoxy) is 1. The van der Waals surface area contributed by atoms with Gasteiger partial charge in [-0.05, 0) is 37.6 Å². The van der Waals surface area contributed by atoms with Crippen LogP contribution in [0.2, 0.25) is 0 Å². The van der Waals surface area contributed by atoms with E-state index in [1.165, 1.54) is 7.11 Å². The van der Waals surface area contributed by atoms with Gasteiger partial charge in [0.1, 0.15) is 0 Å². The van der Waals surface area contributed by atoms with E-state index in [0.29, 0.717) is 22.3 Å². The third kappa shape index (κ3) is 2.52. The van der Waals surface area contributed by atoms with Gasteiger partial charge >= 0.3 is 5.97 Å². The molecule has 4 nitrogen and oxygen atoms in total. The van der Waals surface area contributed by atoms with E-state index in [9.17, 15) is 9.59 Å². The molecule has 0 saturated carbocycles. The van der Waals surface area contributed by atoms with Crippen LogP contribution in [0.25, 0.3) is 5.52 Å². The molecular weight excluding hydrogens is 290 g/mol. The minimum Gasteiger partial charge on any atom is -0.465 e. The molecule has 0 saturated heterocycles. The predicted octanol–water partition coefficient (Wildman–Crippen LogP) is 3.57.